The van der Waals surface area contributed by atoms with Crippen molar-refractivity contribution in [2.75, 3.05) is 13.7 Å². The highest BCUT2D eigenvalue weighted by Crippen LogP contribution is 2.22. The number of benzene rings is 2. The van der Waals surface area contributed by atoms with E-state index in [0.717, 1.165) is 35.3 Å². The molecule has 0 aliphatic rings. The monoisotopic (exact) mass is 431 g/mol. The number of urea groups is 1. The molecule has 2 amide bonds. The third kappa shape index (κ3) is 5.54. The van der Waals surface area contributed by atoms with E-state index >= 15 is 0 Å². The van der Waals surface area contributed by atoms with E-state index in [0.29, 0.717) is 24.7 Å². The third-order valence-corrected chi connectivity index (χ3v) is 4.92. The maximum atomic E-state index is 12.1. The first-order valence-corrected chi connectivity index (χ1v) is 10.4. The third-order valence-electron chi connectivity index (χ3n) is 4.92. The van der Waals surface area contributed by atoms with E-state index in [-0.39, 0.29) is 6.03 Å². The Kier molecular flexibility index (Phi) is 6.81. The fourth-order valence-corrected chi connectivity index (χ4v) is 3.27. The zero-order chi connectivity index (χ0) is 22.2. The summed E-state index contributed by atoms with van der Waals surface area (Å²) in [6, 6.07) is 18.7. The normalized spacial score (nSPS) is 10.7. The van der Waals surface area contributed by atoms with Crippen LogP contribution in [0.2, 0.25) is 0 Å². The fourth-order valence-electron chi connectivity index (χ4n) is 3.27. The summed E-state index contributed by atoms with van der Waals surface area (Å²) >= 11 is 0. The topological polar surface area (TPSA) is 90.3 Å². The van der Waals surface area contributed by atoms with E-state index < -0.39 is 0 Å². The highest BCUT2D eigenvalue weighted by atomic mass is 16.5. The van der Waals surface area contributed by atoms with Crippen LogP contribution in [0.1, 0.15) is 12.0 Å². The first-order valence-electron chi connectivity index (χ1n) is 10.4. The molecule has 0 spiro atoms. The Balaban J connectivity index is 1.20. The van der Waals surface area contributed by atoms with Crippen LogP contribution in [-0.4, -0.2) is 34.2 Å². The number of hydrogen-bond acceptors (Lipinski definition) is 5. The molecule has 4 rings (SSSR count). The number of fused-ring (bicyclic) bond motifs is 1. The minimum absolute atomic E-state index is 0.213. The maximum absolute atomic E-state index is 12.1. The Hall–Kier alpha value is -4.07. The van der Waals surface area contributed by atoms with Crippen molar-refractivity contribution in [3.8, 4) is 17.4 Å². The van der Waals surface area contributed by atoms with Crippen LogP contribution in [0.3, 0.4) is 0 Å². The van der Waals surface area contributed by atoms with Gasteiger partial charge in [-0.1, -0.05) is 12.1 Å². The van der Waals surface area contributed by atoms with E-state index in [4.69, 9.17) is 9.47 Å². The summed E-state index contributed by atoms with van der Waals surface area (Å²) in [5.41, 5.74) is 2.97. The first-order chi connectivity index (χ1) is 15.7. The van der Waals surface area contributed by atoms with Gasteiger partial charge in [0.15, 0.2) is 0 Å². The number of para-hydroxylation sites is 2. The number of nitrogens with zero attached hydrogens (tertiary/aromatic N) is 3. The number of carbonyl (C=O) groups is 1. The number of rotatable bonds is 9. The van der Waals surface area contributed by atoms with Gasteiger partial charge >= 0.3 is 6.03 Å². The molecule has 0 radical (unpaired) electrons. The predicted octanol–water partition coefficient (Wildman–Crippen LogP) is 4.12. The Morgan fingerprint density at radius 3 is 2.66 bits per heavy atom. The quantitative estimate of drug-likeness (QED) is 0.389. The molecule has 0 unspecified atom stereocenters. The van der Waals surface area contributed by atoms with E-state index in [9.17, 15) is 4.79 Å². The second-order valence-electron chi connectivity index (χ2n) is 7.17. The van der Waals surface area contributed by atoms with Crippen molar-refractivity contribution in [1.82, 2.24) is 25.2 Å². The van der Waals surface area contributed by atoms with Crippen LogP contribution in [0.15, 0.2) is 73.2 Å². The molecule has 2 heterocycles. The summed E-state index contributed by atoms with van der Waals surface area (Å²) in [5, 5.41) is 5.75. The van der Waals surface area contributed by atoms with Crippen LogP contribution in [0.5, 0.6) is 17.4 Å². The molecule has 0 aliphatic carbocycles. The second-order valence-corrected chi connectivity index (χ2v) is 7.17. The lowest BCUT2D eigenvalue weighted by atomic mass is 10.2. The van der Waals surface area contributed by atoms with E-state index in [1.165, 1.54) is 0 Å². The van der Waals surface area contributed by atoms with Crippen LogP contribution in [0.25, 0.3) is 11.0 Å². The van der Waals surface area contributed by atoms with Gasteiger partial charge < -0.3 is 24.7 Å². The molecular formula is C24H25N5O3. The van der Waals surface area contributed by atoms with Gasteiger partial charge in [0.25, 0.3) is 0 Å². The lowest BCUT2D eigenvalue weighted by Crippen LogP contribution is -2.35. The summed E-state index contributed by atoms with van der Waals surface area (Å²) in [4.78, 5) is 20.7. The number of ether oxygens (including phenoxy) is 2. The summed E-state index contributed by atoms with van der Waals surface area (Å²) in [6.07, 6.45) is 4.30. The van der Waals surface area contributed by atoms with Gasteiger partial charge in [-0.15, -0.1) is 0 Å². The van der Waals surface area contributed by atoms with Crippen molar-refractivity contribution < 1.29 is 14.3 Å². The van der Waals surface area contributed by atoms with Crippen molar-refractivity contribution >= 4 is 17.1 Å². The molecule has 32 heavy (non-hydrogen) atoms. The van der Waals surface area contributed by atoms with Gasteiger partial charge in [-0.2, -0.15) is 0 Å². The average Bonchev–Trinajstić information content (AvgIpc) is 3.24. The molecule has 0 fully saturated rings. The Labute approximate surface area is 186 Å². The van der Waals surface area contributed by atoms with Crippen molar-refractivity contribution in [3.05, 3.63) is 78.8 Å². The molecule has 2 N–H and O–H groups in total. The Morgan fingerprint density at radius 2 is 1.81 bits per heavy atom. The zero-order valence-corrected chi connectivity index (χ0v) is 17.8. The number of methoxy groups -OCH3 is 1. The minimum Gasteiger partial charge on any atom is -0.497 e. The molecule has 8 heteroatoms. The molecule has 0 bridgehead atoms. The van der Waals surface area contributed by atoms with Gasteiger partial charge in [0.1, 0.15) is 11.5 Å². The molecule has 2 aromatic heterocycles. The number of nitrogens with one attached hydrogen (secondary N) is 2. The van der Waals surface area contributed by atoms with Gasteiger partial charge in [-0.05, 0) is 54.4 Å². The van der Waals surface area contributed by atoms with Crippen LogP contribution >= 0.6 is 0 Å². The SMILES string of the molecule is COc1ccc(Oc2cc(CNC(=O)NCCCn3cnc4ccccc43)ccn2)cc1. The number of imidazole rings is 1. The van der Waals surface area contributed by atoms with Crippen LogP contribution in [0, 0.1) is 0 Å². The number of aryl methyl sites for hydroxylation is 1. The summed E-state index contributed by atoms with van der Waals surface area (Å²) < 4.78 is 13.0. The van der Waals surface area contributed by atoms with Gasteiger partial charge in [-0.25, -0.2) is 14.8 Å². The number of amides is 2. The molecule has 0 aliphatic heterocycles. The van der Waals surface area contributed by atoms with Gasteiger partial charge in [0.05, 0.1) is 24.5 Å². The predicted molar refractivity (Wildman–Crippen MR) is 122 cm³/mol. The second kappa shape index (κ2) is 10.3. The number of hydrogen-bond donors (Lipinski definition) is 2. The van der Waals surface area contributed by atoms with E-state index in [1.54, 1.807) is 19.4 Å². The van der Waals surface area contributed by atoms with Crippen LogP contribution < -0.4 is 20.1 Å². The standard InChI is InChI=1S/C24H25N5O3/c1-31-19-7-9-20(10-8-19)32-23-15-18(11-13-25-23)16-27-24(30)26-12-4-14-29-17-28-21-5-2-3-6-22(21)29/h2-3,5-11,13,15,17H,4,12,14,16H2,1H3,(H2,26,27,30). The molecule has 8 nitrogen and oxygen atoms in total. The largest absolute Gasteiger partial charge is 0.497 e. The highest BCUT2D eigenvalue weighted by molar-refractivity contribution is 5.75. The number of pyridine rings is 1. The summed E-state index contributed by atoms with van der Waals surface area (Å²) in [5.74, 6) is 1.88. The minimum atomic E-state index is -0.213. The number of carbonyl (C=O) groups excluding carboxylic acids is 1. The van der Waals surface area contributed by atoms with Gasteiger partial charge in [0.2, 0.25) is 5.88 Å². The molecule has 0 saturated heterocycles. The molecule has 0 atom stereocenters. The Morgan fingerprint density at radius 1 is 1.00 bits per heavy atom. The zero-order valence-electron chi connectivity index (χ0n) is 17.8. The van der Waals surface area contributed by atoms with Crippen LogP contribution in [0.4, 0.5) is 4.79 Å². The van der Waals surface area contributed by atoms with E-state index in [2.05, 4.69) is 25.2 Å². The van der Waals surface area contributed by atoms with Crippen molar-refractivity contribution in [3.63, 3.8) is 0 Å². The molecule has 0 saturated carbocycles. The van der Waals surface area contributed by atoms with Crippen molar-refractivity contribution in [2.45, 2.75) is 19.5 Å². The Bertz CT molecular complexity index is 1170. The summed E-state index contributed by atoms with van der Waals surface area (Å²) in [6.45, 7) is 1.73. The van der Waals surface area contributed by atoms with Crippen LogP contribution in [-0.2, 0) is 13.1 Å². The smallest absolute Gasteiger partial charge is 0.315 e. The van der Waals surface area contributed by atoms with Crippen molar-refractivity contribution in [1.29, 1.82) is 0 Å². The lowest BCUT2D eigenvalue weighted by molar-refractivity contribution is 0.240. The highest BCUT2D eigenvalue weighted by Gasteiger charge is 2.05. The first kappa shape index (κ1) is 21.2. The average molecular weight is 431 g/mol. The number of aromatic nitrogens is 3. The lowest BCUT2D eigenvalue weighted by Gasteiger charge is -2.10. The van der Waals surface area contributed by atoms with Crippen molar-refractivity contribution in [2.24, 2.45) is 0 Å². The molecule has 2 aromatic carbocycles. The summed E-state index contributed by atoms with van der Waals surface area (Å²) in [7, 11) is 1.62. The van der Waals surface area contributed by atoms with Gasteiger partial charge in [0, 0.05) is 31.9 Å². The van der Waals surface area contributed by atoms with E-state index in [1.807, 2.05) is 60.9 Å². The molecule has 4 aromatic rings. The molecular weight excluding hydrogens is 406 g/mol. The fraction of sp³-hybridized carbons (Fsp3) is 0.208. The maximum Gasteiger partial charge on any atom is 0.315 e. The van der Waals surface area contributed by atoms with Gasteiger partial charge in [-0.3, -0.25) is 0 Å². The molecule has 164 valence electrons.